The van der Waals surface area contributed by atoms with E-state index in [1.54, 1.807) is 35.2 Å². The molecule has 3 rings (SSSR count). The van der Waals surface area contributed by atoms with Crippen molar-refractivity contribution in [2.24, 2.45) is 0 Å². The van der Waals surface area contributed by atoms with Crippen LogP contribution in [0.15, 0.2) is 73.1 Å². The van der Waals surface area contributed by atoms with Gasteiger partial charge in [-0.2, -0.15) is 13.3 Å². The van der Waals surface area contributed by atoms with Crippen molar-refractivity contribution in [3.8, 4) is 5.75 Å². The number of anilines is 1. The number of pyridine rings is 1. The first-order valence-electron chi connectivity index (χ1n) is 8.96. The topological polar surface area (TPSA) is 85.4 Å². The van der Waals surface area contributed by atoms with Crippen molar-refractivity contribution in [2.45, 2.75) is 19.6 Å². The van der Waals surface area contributed by atoms with Gasteiger partial charge in [0.25, 0.3) is 11.6 Å². The van der Waals surface area contributed by atoms with Crippen LogP contribution in [0.4, 0.5) is 20.2 Å². The van der Waals surface area contributed by atoms with Crippen molar-refractivity contribution in [2.75, 3.05) is 5.32 Å². The number of carbonyl (C=O) groups excluding carboxylic acids is 1. The molecule has 0 bridgehead atoms. The number of alkyl halides is 2. The quantitative estimate of drug-likeness (QED) is 0.346. The molecule has 0 unspecified atom stereocenters. The Labute approximate surface area is 170 Å². The van der Waals surface area contributed by atoms with Crippen LogP contribution in [-0.2, 0) is 17.8 Å². The van der Waals surface area contributed by atoms with E-state index >= 15 is 0 Å². The lowest BCUT2D eigenvalue weighted by molar-refractivity contribution is -0.684. The number of benzene rings is 2. The zero-order chi connectivity index (χ0) is 21.5. The second-order valence-corrected chi connectivity index (χ2v) is 6.40. The second-order valence-electron chi connectivity index (χ2n) is 6.40. The largest absolute Gasteiger partial charge is 0.433 e. The lowest BCUT2D eigenvalue weighted by Gasteiger charge is -2.10. The fraction of sp³-hybridized carbons (Fsp3) is 0.143. The van der Waals surface area contributed by atoms with Crippen LogP contribution in [0.2, 0.25) is 0 Å². The molecule has 0 radical (unpaired) electrons. The number of nitro groups is 1. The van der Waals surface area contributed by atoms with Crippen LogP contribution in [0.5, 0.6) is 5.75 Å². The normalized spacial score (nSPS) is 10.6. The molecule has 1 N–H and O–H groups in total. The number of rotatable bonds is 8. The number of nitro benzene ring substituents is 1. The van der Waals surface area contributed by atoms with Gasteiger partial charge in [0, 0.05) is 24.3 Å². The minimum atomic E-state index is -2.99. The van der Waals surface area contributed by atoms with E-state index in [0.717, 1.165) is 11.1 Å². The molecule has 0 aliphatic rings. The SMILES string of the molecule is O=C(C[n+]1ccc(Cc2ccc([N+](=O)[O-])cc2)cc1)Nc1ccccc1OC(F)F. The molecular weight excluding hydrogens is 396 g/mol. The Hall–Kier alpha value is -3.88. The number of nitrogens with zero attached hydrogens (tertiary/aromatic N) is 2. The number of amides is 1. The molecule has 0 saturated heterocycles. The summed E-state index contributed by atoms with van der Waals surface area (Å²) in [5.41, 5.74) is 2.09. The highest BCUT2D eigenvalue weighted by Gasteiger charge is 2.14. The van der Waals surface area contributed by atoms with Crippen LogP contribution in [0.3, 0.4) is 0 Å². The zero-order valence-electron chi connectivity index (χ0n) is 15.7. The first-order chi connectivity index (χ1) is 14.4. The minimum Gasteiger partial charge on any atom is -0.433 e. The van der Waals surface area contributed by atoms with E-state index in [2.05, 4.69) is 10.1 Å². The molecule has 1 heterocycles. The summed E-state index contributed by atoms with van der Waals surface area (Å²) < 4.78 is 31.0. The molecule has 154 valence electrons. The standard InChI is InChI=1S/C21H17F2N3O4/c22-21(23)30-19-4-2-1-3-18(19)24-20(27)14-25-11-9-16(10-12-25)13-15-5-7-17(8-6-15)26(28)29/h1-12,21H,13-14H2/p+1. The summed E-state index contributed by atoms with van der Waals surface area (Å²) in [5.74, 6) is -0.502. The van der Waals surface area contributed by atoms with E-state index < -0.39 is 17.4 Å². The third-order valence-electron chi connectivity index (χ3n) is 4.22. The van der Waals surface area contributed by atoms with Crippen LogP contribution >= 0.6 is 0 Å². The van der Waals surface area contributed by atoms with Crippen molar-refractivity contribution in [3.63, 3.8) is 0 Å². The first kappa shape index (κ1) is 20.8. The molecule has 2 aromatic carbocycles. The van der Waals surface area contributed by atoms with Gasteiger partial charge in [-0.05, 0) is 29.7 Å². The van der Waals surface area contributed by atoms with E-state index in [1.807, 2.05) is 12.1 Å². The third kappa shape index (κ3) is 5.81. The van der Waals surface area contributed by atoms with Crippen LogP contribution in [-0.4, -0.2) is 17.4 Å². The molecule has 9 heteroatoms. The first-order valence-corrected chi connectivity index (χ1v) is 8.96. The minimum absolute atomic E-state index is 0.0131. The van der Waals surface area contributed by atoms with E-state index in [0.29, 0.717) is 6.42 Å². The second kappa shape index (κ2) is 9.55. The Bertz CT molecular complexity index is 1030. The van der Waals surface area contributed by atoms with Gasteiger partial charge in [-0.25, -0.2) is 0 Å². The molecule has 7 nitrogen and oxygen atoms in total. The Kier molecular flexibility index (Phi) is 6.63. The number of ether oxygens (including phenoxy) is 1. The molecule has 1 amide bonds. The van der Waals surface area contributed by atoms with Crippen LogP contribution < -0.4 is 14.6 Å². The Morgan fingerprint density at radius 2 is 1.67 bits per heavy atom. The Balaban J connectivity index is 1.59. The Morgan fingerprint density at radius 1 is 1.03 bits per heavy atom. The highest BCUT2D eigenvalue weighted by molar-refractivity contribution is 5.91. The van der Waals surface area contributed by atoms with Crippen molar-refractivity contribution < 1.29 is 27.8 Å². The number of para-hydroxylation sites is 2. The number of non-ortho nitro benzene ring substituents is 1. The van der Waals surface area contributed by atoms with Crippen LogP contribution in [0.25, 0.3) is 0 Å². The fourth-order valence-corrected chi connectivity index (χ4v) is 2.81. The molecule has 0 fully saturated rings. The molecule has 0 saturated carbocycles. The summed E-state index contributed by atoms with van der Waals surface area (Å²) in [6.07, 6.45) is 4.03. The summed E-state index contributed by atoms with van der Waals surface area (Å²) in [7, 11) is 0. The van der Waals surface area contributed by atoms with Gasteiger partial charge in [-0.3, -0.25) is 14.9 Å². The molecule has 3 aromatic rings. The average Bonchev–Trinajstić information content (AvgIpc) is 2.71. The van der Waals surface area contributed by atoms with Crippen molar-refractivity contribution in [1.29, 1.82) is 0 Å². The van der Waals surface area contributed by atoms with Crippen molar-refractivity contribution in [3.05, 3.63) is 94.3 Å². The molecular formula is C21H18F2N3O4+. The lowest BCUT2D eigenvalue weighted by Crippen LogP contribution is -2.39. The van der Waals surface area contributed by atoms with Gasteiger partial charge in [0.05, 0.1) is 10.6 Å². The summed E-state index contributed by atoms with van der Waals surface area (Å²) in [6.45, 7) is -3.00. The van der Waals surface area contributed by atoms with Gasteiger partial charge in [-0.1, -0.05) is 24.3 Å². The van der Waals surface area contributed by atoms with Crippen molar-refractivity contribution in [1.82, 2.24) is 0 Å². The fourth-order valence-electron chi connectivity index (χ4n) is 2.81. The Morgan fingerprint density at radius 3 is 2.30 bits per heavy atom. The van der Waals surface area contributed by atoms with E-state index in [-0.39, 0.29) is 23.7 Å². The van der Waals surface area contributed by atoms with Crippen LogP contribution in [0, 0.1) is 10.1 Å². The smallest absolute Gasteiger partial charge is 0.387 e. The van der Waals surface area contributed by atoms with Gasteiger partial charge < -0.3 is 10.1 Å². The number of halogens is 2. The van der Waals surface area contributed by atoms with E-state index in [1.165, 1.54) is 30.3 Å². The number of carbonyl (C=O) groups is 1. The molecule has 30 heavy (non-hydrogen) atoms. The highest BCUT2D eigenvalue weighted by Crippen LogP contribution is 2.25. The van der Waals surface area contributed by atoms with Gasteiger partial charge in [0.15, 0.2) is 12.4 Å². The van der Waals surface area contributed by atoms with Gasteiger partial charge >= 0.3 is 6.61 Å². The molecule has 1 aromatic heterocycles. The van der Waals surface area contributed by atoms with E-state index in [4.69, 9.17) is 0 Å². The predicted octanol–water partition coefficient (Wildman–Crippen LogP) is 3.71. The lowest BCUT2D eigenvalue weighted by atomic mass is 10.1. The summed E-state index contributed by atoms with van der Waals surface area (Å²) >= 11 is 0. The number of aromatic nitrogens is 1. The van der Waals surface area contributed by atoms with Gasteiger partial charge in [0.2, 0.25) is 6.54 Å². The summed E-state index contributed by atoms with van der Waals surface area (Å²) in [6, 6.07) is 16.0. The van der Waals surface area contributed by atoms with Crippen LogP contribution in [0.1, 0.15) is 11.1 Å². The maximum Gasteiger partial charge on any atom is 0.387 e. The molecule has 0 spiro atoms. The average molecular weight is 414 g/mol. The van der Waals surface area contributed by atoms with Gasteiger partial charge in [-0.15, -0.1) is 0 Å². The number of hydrogen-bond donors (Lipinski definition) is 1. The van der Waals surface area contributed by atoms with Gasteiger partial charge in [0.1, 0.15) is 5.75 Å². The third-order valence-corrected chi connectivity index (χ3v) is 4.22. The monoisotopic (exact) mass is 414 g/mol. The summed E-state index contributed by atoms with van der Waals surface area (Å²) in [4.78, 5) is 22.5. The van der Waals surface area contributed by atoms with E-state index in [9.17, 15) is 23.7 Å². The summed E-state index contributed by atoms with van der Waals surface area (Å²) in [5, 5.41) is 13.3. The predicted molar refractivity (Wildman–Crippen MR) is 104 cm³/mol. The maximum atomic E-state index is 12.5. The van der Waals surface area contributed by atoms with Crippen molar-refractivity contribution >= 4 is 17.3 Å². The molecule has 0 aliphatic carbocycles. The molecule has 0 aliphatic heterocycles. The highest BCUT2D eigenvalue weighted by atomic mass is 19.3. The maximum absolute atomic E-state index is 12.5. The number of hydrogen-bond acceptors (Lipinski definition) is 4. The molecule has 0 atom stereocenters. The zero-order valence-corrected chi connectivity index (χ0v) is 15.7. The number of nitrogens with one attached hydrogen (secondary N) is 1.